The summed E-state index contributed by atoms with van der Waals surface area (Å²) in [5.41, 5.74) is 1.71. The highest BCUT2D eigenvalue weighted by Gasteiger charge is 2.40. The van der Waals surface area contributed by atoms with Crippen molar-refractivity contribution in [2.24, 2.45) is 0 Å². The van der Waals surface area contributed by atoms with Gasteiger partial charge in [0, 0.05) is 17.0 Å². The van der Waals surface area contributed by atoms with Crippen LogP contribution < -0.4 is 5.32 Å². The molecule has 28 heavy (non-hydrogen) atoms. The van der Waals surface area contributed by atoms with Crippen LogP contribution in [-0.4, -0.2) is 17.9 Å². The molecule has 0 unspecified atom stereocenters. The molecule has 0 bridgehead atoms. The number of alkyl halides is 3. The summed E-state index contributed by atoms with van der Waals surface area (Å²) in [6, 6.07) is 14.6. The van der Waals surface area contributed by atoms with E-state index in [-0.39, 0.29) is 23.1 Å². The summed E-state index contributed by atoms with van der Waals surface area (Å²) >= 11 is 0.743. The molecule has 0 spiro atoms. The van der Waals surface area contributed by atoms with Crippen molar-refractivity contribution in [2.75, 3.05) is 0 Å². The summed E-state index contributed by atoms with van der Waals surface area (Å²) in [4.78, 5) is 23.6. The minimum Gasteiger partial charge on any atom is -0.348 e. The van der Waals surface area contributed by atoms with Crippen LogP contribution in [0.2, 0.25) is 0 Å². The number of Topliss-reactive ketones (excluding diaryl/α,β-unsaturated/α-hetero) is 1. The molecule has 3 nitrogen and oxygen atoms in total. The Morgan fingerprint density at radius 2 is 1.54 bits per heavy atom. The van der Waals surface area contributed by atoms with Crippen molar-refractivity contribution >= 4 is 23.0 Å². The van der Waals surface area contributed by atoms with E-state index in [0.29, 0.717) is 16.0 Å². The van der Waals surface area contributed by atoms with Gasteiger partial charge in [-0.3, -0.25) is 9.59 Å². The topological polar surface area (TPSA) is 46.2 Å². The number of benzene rings is 2. The molecule has 8 heteroatoms. The Kier molecular flexibility index (Phi) is 5.60. The van der Waals surface area contributed by atoms with Gasteiger partial charge >= 0.3 is 6.18 Å². The summed E-state index contributed by atoms with van der Waals surface area (Å²) in [7, 11) is 0. The van der Waals surface area contributed by atoms with Gasteiger partial charge in [-0.1, -0.05) is 24.3 Å². The molecule has 0 fully saturated rings. The van der Waals surface area contributed by atoms with Crippen LogP contribution in [0.4, 0.5) is 17.6 Å². The third kappa shape index (κ3) is 4.64. The zero-order valence-electron chi connectivity index (χ0n) is 14.2. The van der Waals surface area contributed by atoms with Gasteiger partial charge in [-0.2, -0.15) is 13.2 Å². The first-order chi connectivity index (χ1) is 13.2. The zero-order valence-corrected chi connectivity index (χ0v) is 15.0. The second-order valence-electron chi connectivity index (χ2n) is 5.88. The smallest absolute Gasteiger partial charge is 0.348 e. The molecule has 0 aliphatic heterocycles. The number of amides is 1. The molecular formula is C20H13F4NO2S. The molecule has 1 amide bonds. The number of hydrogen-bond donors (Lipinski definition) is 1. The second-order valence-corrected chi connectivity index (χ2v) is 6.96. The van der Waals surface area contributed by atoms with Crippen molar-refractivity contribution < 1.29 is 27.2 Å². The molecule has 0 radical (unpaired) electrons. The third-order valence-corrected chi connectivity index (χ3v) is 5.02. The van der Waals surface area contributed by atoms with Crippen molar-refractivity contribution in [3.8, 4) is 10.4 Å². The highest BCUT2D eigenvalue weighted by atomic mass is 32.1. The molecule has 0 saturated heterocycles. The molecule has 0 aliphatic rings. The van der Waals surface area contributed by atoms with Gasteiger partial charge in [-0.15, -0.1) is 11.3 Å². The molecule has 1 N–H and O–H groups in total. The number of hydrogen-bond acceptors (Lipinski definition) is 3. The molecule has 0 aliphatic carbocycles. The van der Waals surface area contributed by atoms with Gasteiger partial charge in [0.1, 0.15) is 5.82 Å². The second kappa shape index (κ2) is 7.93. The van der Waals surface area contributed by atoms with Crippen LogP contribution in [0.1, 0.15) is 25.6 Å². The lowest BCUT2D eigenvalue weighted by atomic mass is 10.1. The van der Waals surface area contributed by atoms with Crippen molar-refractivity contribution in [3.63, 3.8) is 0 Å². The fraction of sp³-hybridized carbons (Fsp3) is 0.100. The predicted octanol–water partition coefficient (Wildman–Crippen LogP) is 5.23. The summed E-state index contributed by atoms with van der Waals surface area (Å²) in [5.74, 6) is -2.57. The van der Waals surface area contributed by atoms with Crippen LogP contribution in [0.15, 0.2) is 60.7 Å². The van der Waals surface area contributed by atoms with Crippen LogP contribution in [0, 0.1) is 5.82 Å². The molecule has 0 saturated carbocycles. The maximum absolute atomic E-state index is 12.9. The van der Waals surface area contributed by atoms with Gasteiger partial charge in [0.05, 0.1) is 4.88 Å². The van der Waals surface area contributed by atoms with Gasteiger partial charge in [0.15, 0.2) is 0 Å². The van der Waals surface area contributed by atoms with Gasteiger partial charge in [-0.25, -0.2) is 4.39 Å². The maximum Gasteiger partial charge on any atom is 0.455 e. The Labute approximate surface area is 161 Å². The Hall–Kier alpha value is -3.00. The Morgan fingerprint density at radius 3 is 2.14 bits per heavy atom. The summed E-state index contributed by atoms with van der Waals surface area (Å²) < 4.78 is 50.4. The van der Waals surface area contributed by atoms with E-state index in [1.54, 1.807) is 36.4 Å². The van der Waals surface area contributed by atoms with Crippen molar-refractivity contribution in [3.05, 3.63) is 82.5 Å². The largest absolute Gasteiger partial charge is 0.455 e. The minimum absolute atomic E-state index is 0.231. The molecule has 0 atom stereocenters. The lowest BCUT2D eigenvalue weighted by Crippen LogP contribution is -2.22. The van der Waals surface area contributed by atoms with Crippen LogP contribution in [0.5, 0.6) is 0 Å². The number of halogens is 4. The van der Waals surface area contributed by atoms with Crippen molar-refractivity contribution in [2.45, 2.75) is 12.7 Å². The van der Waals surface area contributed by atoms with E-state index < -0.39 is 12.0 Å². The van der Waals surface area contributed by atoms with E-state index in [1.165, 1.54) is 18.2 Å². The monoisotopic (exact) mass is 407 g/mol. The number of rotatable bonds is 5. The number of ketones is 1. The predicted molar refractivity (Wildman–Crippen MR) is 97.7 cm³/mol. The fourth-order valence-corrected chi connectivity index (χ4v) is 3.40. The van der Waals surface area contributed by atoms with E-state index in [4.69, 9.17) is 0 Å². The van der Waals surface area contributed by atoms with Gasteiger partial charge < -0.3 is 5.32 Å². The van der Waals surface area contributed by atoms with Crippen molar-refractivity contribution in [1.82, 2.24) is 5.32 Å². The first-order valence-electron chi connectivity index (χ1n) is 8.08. The van der Waals surface area contributed by atoms with Gasteiger partial charge in [-0.05, 0) is 47.5 Å². The first kappa shape index (κ1) is 19.8. The average molecular weight is 407 g/mol. The van der Waals surface area contributed by atoms with Crippen LogP contribution >= 0.6 is 11.3 Å². The standard InChI is InChI=1S/C20H13F4NO2S/c21-15-7-1-12(2-8-15)11-25-19(27)14-5-3-13(4-6-14)16-9-10-17(28-16)18(26)20(22,23)24/h1-10H,11H2,(H,25,27). The SMILES string of the molecule is O=C(NCc1ccc(F)cc1)c1ccc(-c2ccc(C(=O)C(F)(F)F)s2)cc1. The Balaban J connectivity index is 1.66. The molecule has 3 rings (SSSR count). The Bertz CT molecular complexity index is 992. The van der Waals surface area contributed by atoms with E-state index in [2.05, 4.69) is 5.32 Å². The normalized spacial score (nSPS) is 11.3. The van der Waals surface area contributed by atoms with Crippen molar-refractivity contribution in [1.29, 1.82) is 0 Å². The van der Waals surface area contributed by atoms with Crippen LogP contribution in [0.3, 0.4) is 0 Å². The highest BCUT2D eigenvalue weighted by Crippen LogP contribution is 2.32. The molecule has 1 aromatic heterocycles. The molecular weight excluding hydrogens is 394 g/mol. The molecule has 144 valence electrons. The van der Waals surface area contributed by atoms with E-state index >= 15 is 0 Å². The quantitative estimate of drug-likeness (QED) is 0.465. The van der Waals surface area contributed by atoms with E-state index in [0.717, 1.165) is 23.0 Å². The van der Waals surface area contributed by atoms with Gasteiger partial charge in [0.2, 0.25) is 0 Å². The maximum atomic E-state index is 12.9. The number of nitrogens with one attached hydrogen (secondary N) is 1. The number of carbonyl (C=O) groups excluding carboxylic acids is 2. The van der Waals surface area contributed by atoms with E-state index in [9.17, 15) is 27.2 Å². The lowest BCUT2D eigenvalue weighted by Gasteiger charge is -2.06. The van der Waals surface area contributed by atoms with Crippen LogP contribution in [-0.2, 0) is 6.54 Å². The lowest BCUT2D eigenvalue weighted by molar-refractivity contribution is -0.0882. The summed E-state index contributed by atoms with van der Waals surface area (Å²) in [5, 5.41) is 2.70. The molecule has 1 heterocycles. The number of carbonyl (C=O) groups is 2. The molecule has 2 aromatic carbocycles. The molecule has 3 aromatic rings. The van der Waals surface area contributed by atoms with Gasteiger partial charge in [0.25, 0.3) is 11.7 Å². The average Bonchev–Trinajstić information content (AvgIpc) is 3.16. The highest BCUT2D eigenvalue weighted by molar-refractivity contribution is 7.17. The van der Waals surface area contributed by atoms with E-state index in [1.807, 2.05) is 0 Å². The van der Waals surface area contributed by atoms with Crippen LogP contribution in [0.25, 0.3) is 10.4 Å². The fourth-order valence-electron chi connectivity index (χ4n) is 2.43. The first-order valence-corrected chi connectivity index (χ1v) is 8.90. The minimum atomic E-state index is -4.91. The third-order valence-electron chi connectivity index (χ3n) is 3.89. The Morgan fingerprint density at radius 1 is 0.893 bits per heavy atom. The summed E-state index contributed by atoms with van der Waals surface area (Å²) in [6.45, 7) is 0.231. The summed E-state index contributed by atoms with van der Waals surface area (Å²) in [6.07, 6.45) is -4.91. The zero-order chi connectivity index (χ0) is 20.3. The number of thiophene rings is 1.